The molecule has 0 N–H and O–H groups in total. The Morgan fingerprint density at radius 1 is 1.19 bits per heavy atom. The van der Waals surface area contributed by atoms with E-state index in [0.717, 1.165) is 41.5 Å². The molecule has 2 fully saturated rings. The number of halogens is 1. The van der Waals surface area contributed by atoms with E-state index in [0.29, 0.717) is 12.1 Å². The van der Waals surface area contributed by atoms with Crippen molar-refractivity contribution in [2.75, 3.05) is 13.1 Å². The van der Waals surface area contributed by atoms with Crippen molar-refractivity contribution >= 4 is 34.9 Å². The van der Waals surface area contributed by atoms with Crippen LogP contribution in [0, 0.1) is 5.82 Å². The van der Waals surface area contributed by atoms with Crippen LogP contribution in [0.4, 0.5) is 9.18 Å². The number of carbonyl (C=O) groups is 3. The van der Waals surface area contributed by atoms with Crippen molar-refractivity contribution in [3.05, 3.63) is 70.6 Å². The molecule has 3 heterocycles. The SMILES string of the molecule is O=C1SC(=Cc2ccc(F)cc2)C(=O)N1CCC(=O)N1CCCC[C@H]1c1cccnc1. The van der Waals surface area contributed by atoms with E-state index in [9.17, 15) is 18.8 Å². The Balaban J connectivity index is 1.41. The highest BCUT2D eigenvalue weighted by molar-refractivity contribution is 8.18. The van der Waals surface area contributed by atoms with Gasteiger partial charge in [-0.1, -0.05) is 18.2 Å². The van der Waals surface area contributed by atoms with Gasteiger partial charge in [0.15, 0.2) is 0 Å². The molecule has 2 saturated heterocycles. The third-order valence-electron chi connectivity index (χ3n) is 5.48. The van der Waals surface area contributed by atoms with E-state index < -0.39 is 11.1 Å². The number of imide groups is 1. The first-order valence-electron chi connectivity index (χ1n) is 10.2. The molecule has 0 aliphatic carbocycles. The summed E-state index contributed by atoms with van der Waals surface area (Å²) in [6.45, 7) is 0.700. The number of rotatable bonds is 5. The Labute approximate surface area is 184 Å². The van der Waals surface area contributed by atoms with Gasteiger partial charge < -0.3 is 4.90 Å². The van der Waals surface area contributed by atoms with Crippen molar-refractivity contribution < 1.29 is 18.8 Å². The van der Waals surface area contributed by atoms with Gasteiger partial charge in [-0.3, -0.25) is 24.3 Å². The Morgan fingerprint density at radius 3 is 2.74 bits per heavy atom. The molecular weight excluding hydrogens is 417 g/mol. The largest absolute Gasteiger partial charge is 0.336 e. The molecule has 0 radical (unpaired) electrons. The molecule has 1 atom stereocenters. The van der Waals surface area contributed by atoms with E-state index in [2.05, 4.69) is 4.98 Å². The minimum Gasteiger partial charge on any atom is -0.336 e. The normalized spacial score (nSPS) is 20.5. The Bertz CT molecular complexity index is 1010. The Morgan fingerprint density at radius 2 is 2.00 bits per heavy atom. The summed E-state index contributed by atoms with van der Waals surface area (Å²) in [7, 11) is 0. The number of carbonyl (C=O) groups excluding carboxylic acids is 3. The van der Waals surface area contributed by atoms with Crippen LogP contribution in [-0.2, 0) is 9.59 Å². The predicted molar refractivity (Wildman–Crippen MR) is 116 cm³/mol. The third-order valence-corrected chi connectivity index (χ3v) is 6.39. The molecule has 0 spiro atoms. The van der Waals surface area contributed by atoms with Crippen LogP contribution >= 0.6 is 11.8 Å². The first-order chi connectivity index (χ1) is 15.0. The van der Waals surface area contributed by atoms with Gasteiger partial charge in [0.2, 0.25) is 5.91 Å². The Kier molecular flexibility index (Phi) is 6.46. The molecular formula is C23H22FN3O3S. The van der Waals surface area contributed by atoms with Crippen molar-refractivity contribution in [1.82, 2.24) is 14.8 Å². The van der Waals surface area contributed by atoms with Gasteiger partial charge in [-0.25, -0.2) is 4.39 Å². The van der Waals surface area contributed by atoms with Gasteiger partial charge in [0, 0.05) is 31.9 Å². The van der Waals surface area contributed by atoms with Crippen molar-refractivity contribution in [3.8, 4) is 0 Å². The summed E-state index contributed by atoms with van der Waals surface area (Å²) >= 11 is 0.837. The average Bonchev–Trinajstić information content (AvgIpc) is 3.06. The molecule has 8 heteroatoms. The molecule has 3 amide bonds. The molecule has 0 bridgehead atoms. The molecule has 6 nitrogen and oxygen atoms in total. The third kappa shape index (κ3) is 4.85. The number of piperidine rings is 1. The summed E-state index contributed by atoms with van der Waals surface area (Å²) in [4.78, 5) is 45.4. The maximum absolute atomic E-state index is 13.1. The second-order valence-electron chi connectivity index (χ2n) is 7.52. The summed E-state index contributed by atoms with van der Waals surface area (Å²) in [6, 6.07) is 9.49. The lowest BCUT2D eigenvalue weighted by Crippen LogP contribution is -2.40. The van der Waals surface area contributed by atoms with Crippen LogP contribution in [0.3, 0.4) is 0 Å². The number of pyridine rings is 1. The summed E-state index contributed by atoms with van der Waals surface area (Å²) in [5, 5.41) is -0.395. The van der Waals surface area contributed by atoms with Crippen LogP contribution in [0.25, 0.3) is 6.08 Å². The maximum atomic E-state index is 13.1. The minimum atomic E-state index is -0.422. The highest BCUT2D eigenvalue weighted by Gasteiger charge is 2.36. The molecule has 1 aromatic carbocycles. The first-order valence-corrected chi connectivity index (χ1v) is 11.0. The summed E-state index contributed by atoms with van der Waals surface area (Å²) < 4.78 is 13.1. The van der Waals surface area contributed by atoms with Crippen molar-refractivity contribution in [2.24, 2.45) is 0 Å². The van der Waals surface area contributed by atoms with Crippen molar-refractivity contribution in [3.63, 3.8) is 0 Å². The standard InChI is InChI=1S/C23H22FN3O3S/c24-18-8-6-16(7-9-18)14-20-22(29)27(23(30)31-20)13-10-21(28)26-12-2-1-5-19(26)17-4-3-11-25-15-17/h3-4,6-9,11,14-15,19H,1-2,5,10,12-13H2/t19-/m0/s1. The highest BCUT2D eigenvalue weighted by atomic mass is 32.2. The van der Waals surface area contributed by atoms with Gasteiger partial charge in [0.05, 0.1) is 10.9 Å². The molecule has 31 heavy (non-hydrogen) atoms. The second kappa shape index (κ2) is 9.43. The zero-order valence-electron chi connectivity index (χ0n) is 16.9. The molecule has 0 saturated carbocycles. The van der Waals surface area contributed by atoms with Gasteiger partial charge in [0.1, 0.15) is 5.82 Å². The van der Waals surface area contributed by atoms with Crippen LogP contribution in [0.15, 0.2) is 53.7 Å². The molecule has 2 aliphatic heterocycles. The molecule has 0 unspecified atom stereocenters. The quantitative estimate of drug-likeness (QED) is 0.646. The zero-order valence-corrected chi connectivity index (χ0v) is 17.7. The van der Waals surface area contributed by atoms with Gasteiger partial charge in [-0.2, -0.15) is 0 Å². The zero-order chi connectivity index (χ0) is 21.8. The number of likely N-dealkylation sites (tertiary alicyclic amines) is 1. The summed E-state index contributed by atoms with van der Waals surface area (Å²) in [5.74, 6) is -0.865. The molecule has 160 valence electrons. The fourth-order valence-corrected chi connectivity index (χ4v) is 4.77. The van der Waals surface area contributed by atoms with E-state index in [1.54, 1.807) is 30.6 Å². The van der Waals surface area contributed by atoms with Crippen LogP contribution in [0.1, 0.15) is 42.9 Å². The average molecular weight is 440 g/mol. The highest BCUT2D eigenvalue weighted by Crippen LogP contribution is 2.34. The molecule has 4 rings (SSSR count). The van der Waals surface area contributed by atoms with Crippen LogP contribution < -0.4 is 0 Å². The van der Waals surface area contributed by atoms with Gasteiger partial charge in [0.25, 0.3) is 11.1 Å². The van der Waals surface area contributed by atoms with Gasteiger partial charge in [-0.05, 0) is 66.4 Å². The number of thioether (sulfide) groups is 1. The lowest BCUT2D eigenvalue weighted by atomic mass is 9.96. The smallest absolute Gasteiger partial charge is 0.293 e. The fraction of sp³-hybridized carbons (Fsp3) is 0.304. The van der Waals surface area contributed by atoms with Crippen molar-refractivity contribution in [1.29, 1.82) is 0 Å². The number of nitrogens with zero attached hydrogens (tertiary/aromatic N) is 3. The predicted octanol–water partition coefficient (Wildman–Crippen LogP) is 4.40. The lowest BCUT2D eigenvalue weighted by molar-refractivity contribution is -0.135. The number of hydrogen-bond donors (Lipinski definition) is 0. The summed E-state index contributed by atoms with van der Waals surface area (Å²) in [6.07, 6.45) is 7.99. The Hall–Kier alpha value is -3.00. The van der Waals surface area contributed by atoms with Crippen LogP contribution in [-0.4, -0.2) is 44.9 Å². The molecule has 2 aliphatic rings. The molecule has 2 aromatic rings. The van der Waals surface area contributed by atoms with E-state index in [4.69, 9.17) is 0 Å². The van der Waals surface area contributed by atoms with Crippen LogP contribution in [0.2, 0.25) is 0 Å². The summed E-state index contributed by atoms with van der Waals surface area (Å²) in [5.41, 5.74) is 1.64. The number of benzene rings is 1. The van der Waals surface area contributed by atoms with E-state index >= 15 is 0 Å². The minimum absolute atomic E-state index is 0.0248. The fourth-order valence-electron chi connectivity index (χ4n) is 3.90. The number of hydrogen-bond acceptors (Lipinski definition) is 5. The van der Waals surface area contributed by atoms with Gasteiger partial charge in [-0.15, -0.1) is 0 Å². The topological polar surface area (TPSA) is 70.6 Å². The van der Waals surface area contributed by atoms with Crippen LogP contribution in [0.5, 0.6) is 0 Å². The number of aromatic nitrogens is 1. The molecule has 1 aromatic heterocycles. The van der Waals surface area contributed by atoms with E-state index in [-0.39, 0.29) is 35.6 Å². The van der Waals surface area contributed by atoms with E-state index in [1.165, 1.54) is 12.1 Å². The van der Waals surface area contributed by atoms with Gasteiger partial charge >= 0.3 is 0 Å². The first kappa shape index (κ1) is 21.2. The lowest BCUT2D eigenvalue weighted by Gasteiger charge is -2.36. The van der Waals surface area contributed by atoms with Crippen molar-refractivity contribution in [2.45, 2.75) is 31.7 Å². The monoisotopic (exact) mass is 439 g/mol. The number of amides is 3. The maximum Gasteiger partial charge on any atom is 0.293 e. The van der Waals surface area contributed by atoms with E-state index in [1.807, 2.05) is 17.0 Å². The second-order valence-corrected chi connectivity index (χ2v) is 8.51.